The van der Waals surface area contributed by atoms with Crippen molar-refractivity contribution in [3.63, 3.8) is 0 Å². The SMILES string of the molecule is C[C@H]1C[C@H]2[C@@H]3CCC4=CC(=O)C=C[C@]4(C)[C@@]3(F)[C@@H](OC(=O)C(F)(F)F)C[C@]2(C)[C@@]1(O)C(=O)CO. The first-order valence-electron chi connectivity index (χ1n) is 11.3. The highest BCUT2D eigenvalue weighted by atomic mass is 19.4. The number of esters is 1. The minimum absolute atomic E-state index is 0.134. The van der Waals surface area contributed by atoms with Crippen molar-refractivity contribution in [1.82, 2.24) is 0 Å². The fraction of sp³-hybridized carbons (Fsp3) is 0.708. The van der Waals surface area contributed by atoms with Crippen molar-refractivity contribution >= 4 is 17.5 Å². The number of ether oxygens (including phenoxy) is 1. The Morgan fingerprint density at radius 2 is 1.88 bits per heavy atom. The van der Waals surface area contributed by atoms with E-state index in [2.05, 4.69) is 0 Å². The maximum atomic E-state index is 17.5. The summed E-state index contributed by atoms with van der Waals surface area (Å²) >= 11 is 0. The number of halogens is 4. The van der Waals surface area contributed by atoms with Gasteiger partial charge in [-0.15, -0.1) is 0 Å². The molecule has 10 heteroatoms. The van der Waals surface area contributed by atoms with Crippen LogP contribution in [0.5, 0.6) is 0 Å². The Kier molecular flexibility index (Phi) is 5.50. The molecule has 34 heavy (non-hydrogen) atoms. The number of aliphatic hydroxyl groups excluding tert-OH is 1. The Morgan fingerprint density at radius 3 is 2.47 bits per heavy atom. The van der Waals surface area contributed by atoms with Gasteiger partial charge in [0.25, 0.3) is 0 Å². The number of fused-ring (bicyclic) bond motifs is 5. The number of carbonyl (C=O) groups excluding carboxylic acids is 3. The molecule has 6 nitrogen and oxygen atoms in total. The largest absolute Gasteiger partial charge is 0.490 e. The lowest BCUT2D eigenvalue weighted by Crippen LogP contribution is -2.70. The van der Waals surface area contributed by atoms with E-state index in [0.29, 0.717) is 5.57 Å². The summed E-state index contributed by atoms with van der Waals surface area (Å²) in [6.45, 7) is 3.57. The smallest absolute Gasteiger partial charge is 0.452 e. The summed E-state index contributed by atoms with van der Waals surface area (Å²) in [4.78, 5) is 36.6. The van der Waals surface area contributed by atoms with Crippen molar-refractivity contribution in [3.8, 4) is 0 Å². The van der Waals surface area contributed by atoms with Crippen LogP contribution in [0.3, 0.4) is 0 Å². The highest BCUT2D eigenvalue weighted by molar-refractivity contribution is 6.01. The zero-order chi connectivity index (χ0) is 25.5. The van der Waals surface area contributed by atoms with Gasteiger partial charge in [-0.25, -0.2) is 9.18 Å². The molecule has 0 bridgehead atoms. The van der Waals surface area contributed by atoms with E-state index >= 15 is 4.39 Å². The second-order valence-electron chi connectivity index (χ2n) is 10.6. The Hall–Kier alpha value is -2.07. The Bertz CT molecular complexity index is 1000. The van der Waals surface area contributed by atoms with E-state index in [4.69, 9.17) is 4.74 Å². The van der Waals surface area contributed by atoms with Gasteiger partial charge in [0, 0.05) is 16.7 Å². The Labute approximate surface area is 194 Å². The first kappa shape index (κ1) is 25.0. The molecule has 0 unspecified atom stereocenters. The summed E-state index contributed by atoms with van der Waals surface area (Å²) in [5.41, 5.74) is -7.22. The average molecular weight is 488 g/mol. The zero-order valence-electron chi connectivity index (χ0n) is 19.1. The van der Waals surface area contributed by atoms with E-state index in [-0.39, 0.29) is 25.0 Å². The van der Waals surface area contributed by atoms with Crippen LogP contribution in [0.4, 0.5) is 17.6 Å². The summed E-state index contributed by atoms with van der Waals surface area (Å²) in [6, 6.07) is 0. The second kappa shape index (κ2) is 7.46. The minimum Gasteiger partial charge on any atom is -0.452 e. The van der Waals surface area contributed by atoms with Crippen LogP contribution in [-0.4, -0.2) is 57.9 Å². The van der Waals surface area contributed by atoms with Crippen LogP contribution < -0.4 is 0 Å². The third-order valence-electron chi connectivity index (χ3n) is 9.25. The lowest BCUT2D eigenvalue weighted by Gasteiger charge is -2.63. The first-order chi connectivity index (χ1) is 15.6. The van der Waals surface area contributed by atoms with Crippen LogP contribution in [-0.2, 0) is 19.1 Å². The van der Waals surface area contributed by atoms with Gasteiger partial charge in [0.2, 0.25) is 0 Å². The van der Waals surface area contributed by atoms with Crippen LogP contribution in [0.1, 0.15) is 46.5 Å². The number of ketones is 2. The minimum atomic E-state index is -5.38. The van der Waals surface area contributed by atoms with E-state index in [0.717, 1.165) is 6.08 Å². The second-order valence-corrected chi connectivity index (χ2v) is 10.6. The number of Topliss-reactive ketones (excluding diaryl/α,β-unsaturated/α-hetero) is 1. The fourth-order valence-electron chi connectivity index (χ4n) is 7.55. The van der Waals surface area contributed by atoms with Gasteiger partial charge in [0.15, 0.2) is 17.2 Å². The molecule has 4 aliphatic carbocycles. The van der Waals surface area contributed by atoms with Gasteiger partial charge in [-0.2, -0.15) is 13.2 Å². The standard InChI is InChI=1S/C24H28F4O6/c1-12-8-16-15-5-4-13-9-14(30)6-7-20(13,2)22(15,25)18(34-19(32)24(26,27)28)10-21(16,3)23(12,33)17(31)11-29/h6-7,9,12,15-16,18,29,33H,4-5,8,10-11H2,1-3H3/t12-,15-,16-,18-,20-,21-,22-,23-/m0/s1. The predicted octanol–water partition coefficient (Wildman–Crippen LogP) is 3.01. The normalized spacial score (nSPS) is 45.7. The summed E-state index contributed by atoms with van der Waals surface area (Å²) < 4.78 is 61.9. The quantitative estimate of drug-likeness (QED) is 0.468. The summed E-state index contributed by atoms with van der Waals surface area (Å²) in [7, 11) is 0. The maximum Gasteiger partial charge on any atom is 0.490 e. The number of carbonyl (C=O) groups is 3. The molecule has 0 spiro atoms. The number of rotatable bonds is 3. The molecule has 0 heterocycles. The van der Waals surface area contributed by atoms with Gasteiger partial charge in [0.05, 0.1) is 0 Å². The third-order valence-corrected chi connectivity index (χ3v) is 9.25. The molecule has 0 aromatic heterocycles. The maximum absolute atomic E-state index is 17.5. The van der Waals surface area contributed by atoms with Crippen molar-refractivity contribution in [2.24, 2.45) is 28.6 Å². The topological polar surface area (TPSA) is 101 Å². The molecule has 0 saturated heterocycles. The van der Waals surface area contributed by atoms with E-state index in [1.54, 1.807) is 6.92 Å². The van der Waals surface area contributed by atoms with Gasteiger partial charge < -0.3 is 14.9 Å². The number of aliphatic hydroxyl groups is 2. The molecule has 0 amide bonds. The van der Waals surface area contributed by atoms with Crippen LogP contribution in [0.2, 0.25) is 0 Å². The lowest BCUT2D eigenvalue weighted by molar-refractivity contribution is -0.249. The molecule has 2 N–H and O–H groups in total. The molecule has 0 aromatic carbocycles. The Morgan fingerprint density at radius 1 is 1.24 bits per heavy atom. The highest BCUT2D eigenvalue weighted by Crippen LogP contribution is 2.71. The predicted molar refractivity (Wildman–Crippen MR) is 110 cm³/mol. The molecular weight excluding hydrogens is 460 g/mol. The van der Waals surface area contributed by atoms with Crippen LogP contribution in [0, 0.1) is 28.6 Å². The number of hydrogen-bond donors (Lipinski definition) is 2. The van der Waals surface area contributed by atoms with Crippen LogP contribution in [0.25, 0.3) is 0 Å². The number of hydrogen-bond acceptors (Lipinski definition) is 6. The third kappa shape index (κ3) is 2.96. The van der Waals surface area contributed by atoms with Crippen molar-refractivity contribution in [2.75, 3.05) is 6.61 Å². The molecule has 188 valence electrons. The molecule has 4 aliphatic rings. The number of allylic oxidation sites excluding steroid dienone is 4. The van der Waals surface area contributed by atoms with Crippen LogP contribution in [0.15, 0.2) is 23.8 Å². The summed E-state index contributed by atoms with van der Waals surface area (Å²) in [5.74, 6) is -6.15. The molecule has 0 aromatic rings. The van der Waals surface area contributed by atoms with Gasteiger partial charge >= 0.3 is 12.1 Å². The molecular formula is C24H28F4O6. The average Bonchev–Trinajstić information content (AvgIpc) is 2.95. The Balaban J connectivity index is 1.90. The molecule has 3 fully saturated rings. The first-order valence-corrected chi connectivity index (χ1v) is 11.3. The molecule has 0 aliphatic heterocycles. The zero-order valence-corrected chi connectivity index (χ0v) is 19.1. The van der Waals surface area contributed by atoms with Gasteiger partial charge in [0.1, 0.15) is 18.3 Å². The molecule has 8 atom stereocenters. The van der Waals surface area contributed by atoms with Crippen molar-refractivity contribution in [2.45, 2.75) is 70.0 Å². The van der Waals surface area contributed by atoms with E-state index in [1.807, 2.05) is 0 Å². The summed E-state index contributed by atoms with van der Waals surface area (Å²) in [5, 5.41) is 21.1. The van der Waals surface area contributed by atoms with E-state index < -0.39 is 76.9 Å². The number of alkyl halides is 4. The highest BCUT2D eigenvalue weighted by Gasteiger charge is 2.76. The molecule has 0 radical (unpaired) electrons. The van der Waals surface area contributed by atoms with Gasteiger partial charge in [-0.05, 0) is 56.6 Å². The van der Waals surface area contributed by atoms with Gasteiger partial charge in [-0.3, -0.25) is 9.59 Å². The monoisotopic (exact) mass is 488 g/mol. The van der Waals surface area contributed by atoms with Crippen LogP contribution >= 0.6 is 0 Å². The lowest BCUT2D eigenvalue weighted by atomic mass is 9.44. The fourth-order valence-corrected chi connectivity index (χ4v) is 7.55. The van der Waals surface area contributed by atoms with Crippen molar-refractivity contribution in [3.05, 3.63) is 23.8 Å². The van der Waals surface area contributed by atoms with Crippen molar-refractivity contribution < 1.29 is 46.9 Å². The van der Waals surface area contributed by atoms with E-state index in [9.17, 15) is 37.8 Å². The van der Waals surface area contributed by atoms with Gasteiger partial charge in [-0.1, -0.05) is 25.5 Å². The molecule has 3 saturated carbocycles. The van der Waals surface area contributed by atoms with E-state index in [1.165, 1.54) is 26.0 Å². The van der Waals surface area contributed by atoms with Crippen molar-refractivity contribution in [1.29, 1.82) is 0 Å². The summed E-state index contributed by atoms with van der Waals surface area (Å²) in [6.07, 6.45) is -3.50. The molecule has 4 rings (SSSR count).